The highest BCUT2D eigenvalue weighted by molar-refractivity contribution is 6.34. The minimum Gasteiger partial charge on any atom is -0.336 e. The van der Waals surface area contributed by atoms with Gasteiger partial charge in [-0.1, -0.05) is 41.6 Å². The van der Waals surface area contributed by atoms with E-state index in [2.05, 4.69) is 27.2 Å². The monoisotopic (exact) mass is 469 g/mol. The number of aromatic nitrogens is 3. The highest BCUT2D eigenvalue weighted by Crippen LogP contribution is 2.29. The molecular weight excluding hydrogens is 452 g/mol. The van der Waals surface area contributed by atoms with E-state index >= 15 is 0 Å². The van der Waals surface area contributed by atoms with E-state index in [4.69, 9.17) is 11.6 Å². The zero-order valence-electron chi connectivity index (χ0n) is 17.5. The smallest absolute Gasteiger partial charge is 0.276 e. The lowest BCUT2D eigenvalue weighted by atomic mass is 9.96. The van der Waals surface area contributed by atoms with Crippen LogP contribution < -0.4 is 5.32 Å². The van der Waals surface area contributed by atoms with Crippen molar-refractivity contribution in [3.63, 3.8) is 0 Å². The first-order valence-corrected chi connectivity index (χ1v) is 10.3. The first-order valence-electron chi connectivity index (χ1n) is 9.94. The van der Waals surface area contributed by atoms with Gasteiger partial charge in [-0.3, -0.25) is 14.3 Å². The number of carbonyl (C=O) groups is 2. The number of amides is 2. The first kappa shape index (κ1) is 22.4. The molecule has 3 aromatic rings. The van der Waals surface area contributed by atoms with Gasteiger partial charge in [0.05, 0.1) is 30.9 Å². The summed E-state index contributed by atoms with van der Waals surface area (Å²) in [7, 11) is 0. The quantitative estimate of drug-likeness (QED) is 0.595. The molecule has 0 atom stereocenters. The summed E-state index contributed by atoms with van der Waals surface area (Å²) in [4.78, 5) is 29.3. The summed E-state index contributed by atoms with van der Waals surface area (Å²) >= 11 is 6.08. The number of hydrogen-bond acceptors (Lipinski definition) is 4. The maximum atomic E-state index is 14.9. The molecule has 1 N–H and O–H groups in total. The lowest BCUT2D eigenvalue weighted by Crippen LogP contribution is -2.62. The average molecular weight is 470 g/mol. The summed E-state index contributed by atoms with van der Waals surface area (Å²) in [5.41, 5.74) is -0.777. The van der Waals surface area contributed by atoms with Crippen molar-refractivity contribution in [1.82, 2.24) is 19.7 Å². The Kier molecular flexibility index (Phi) is 6.11. The molecule has 0 aliphatic carbocycles. The van der Waals surface area contributed by atoms with Crippen molar-refractivity contribution in [2.24, 2.45) is 0 Å². The molecule has 10 heteroatoms. The van der Waals surface area contributed by atoms with Crippen molar-refractivity contribution < 1.29 is 18.4 Å². The summed E-state index contributed by atoms with van der Waals surface area (Å²) in [5, 5.41) is 6.27. The molecule has 7 nitrogen and oxygen atoms in total. The number of nitrogens with zero attached hydrogens (tertiary/aromatic N) is 4. The van der Waals surface area contributed by atoms with Crippen LogP contribution in [0.25, 0.3) is 0 Å². The summed E-state index contributed by atoms with van der Waals surface area (Å²) < 4.78 is 30.5. The van der Waals surface area contributed by atoms with Crippen LogP contribution in [-0.2, 0) is 11.3 Å². The van der Waals surface area contributed by atoms with Gasteiger partial charge in [0.15, 0.2) is 17.3 Å². The van der Waals surface area contributed by atoms with Crippen LogP contribution >= 0.6 is 11.6 Å². The maximum Gasteiger partial charge on any atom is 0.276 e. The minimum absolute atomic E-state index is 0.0235. The van der Waals surface area contributed by atoms with Crippen LogP contribution in [0.15, 0.2) is 48.8 Å². The number of rotatable bonds is 4. The Labute approximate surface area is 193 Å². The molecule has 4 rings (SSSR count). The third-order valence-corrected chi connectivity index (χ3v) is 5.31. The van der Waals surface area contributed by atoms with Crippen LogP contribution in [0.3, 0.4) is 0 Å². The number of carbonyl (C=O) groups excluding carboxylic acids is 2. The SMILES string of the molecule is CC(=O)N1CC(F)(Cn2ncc(Cl)c2C(=O)Nc2ncc(C#Cc3ccccc3)cc2F)C1. The summed E-state index contributed by atoms with van der Waals surface area (Å²) in [6.07, 6.45) is 2.53. The molecule has 0 bridgehead atoms. The maximum absolute atomic E-state index is 14.9. The lowest BCUT2D eigenvalue weighted by molar-refractivity contribution is -0.144. The Morgan fingerprint density at radius 3 is 2.55 bits per heavy atom. The van der Waals surface area contributed by atoms with Gasteiger partial charge in [0.1, 0.15) is 5.69 Å². The molecule has 1 fully saturated rings. The Hall–Kier alpha value is -3.77. The van der Waals surface area contributed by atoms with Crippen molar-refractivity contribution in [3.8, 4) is 11.8 Å². The Balaban J connectivity index is 1.47. The van der Waals surface area contributed by atoms with E-state index < -0.39 is 17.4 Å². The summed E-state index contributed by atoms with van der Waals surface area (Å²) in [6, 6.07) is 10.3. The second-order valence-electron chi connectivity index (χ2n) is 7.65. The van der Waals surface area contributed by atoms with Crippen LogP contribution in [0.5, 0.6) is 0 Å². The number of anilines is 1. The van der Waals surface area contributed by atoms with Crippen molar-refractivity contribution in [3.05, 3.63) is 76.5 Å². The molecule has 0 unspecified atom stereocenters. The number of likely N-dealkylation sites (tertiary alicyclic amines) is 1. The van der Waals surface area contributed by atoms with Crippen LogP contribution in [-0.4, -0.2) is 50.2 Å². The number of nitrogens with one attached hydrogen (secondary N) is 1. The fourth-order valence-electron chi connectivity index (χ4n) is 3.37. The second kappa shape index (κ2) is 9.00. The topological polar surface area (TPSA) is 80.1 Å². The summed E-state index contributed by atoms with van der Waals surface area (Å²) in [6.45, 7) is 0.852. The molecule has 1 saturated heterocycles. The standard InChI is InChI=1S/C23H18ClF2N5O2/c1-15(32)30-12-23(26,13-30)14-31-20(18(24)11-28-31)22(33)29-21-19(25)9-17(10-27-21)8-7-16-5-3-2-4-6-16/h2-6,9-11H,12-14H2,1H3,(H,27,29,33). The molecule has 168 valence electrons. The van der Waals surface area contributed by atoms with Crippen LogP contribution in [0.4, 0.5) is 14.6 Å². The van der Waals surface area contributed by atoms with Crippen molar-refractivity contribution in [2.75, 3.05) is 18.4 Å². The number of benzene rings is 1. The van der Waals surface area contributed by atoms with Gasteiger partial charge in [0.2, 0.25) is 5.91 Å². The average Bonchev–Trinajstić information content (AvgIpc) is 3.12. The Morgan fingerprint density at radius 1 is 1.18 bits per heavy atom. The van der Waals surface area contributed by atoms with Gasteiger partial charge >= 0.3 is 0 Å². The predicted molar refractivity (Wildman–Crippen MR) is 118 cm³/mol. The molecule has 2 aromatic heterocycles. The number of pyridine rings is 1. The van der Waals surface area contributed by atoms with Crippen LogP contribution in [0.2, 0.25) is 5.02 Å². The zero-order valence-corrected chi connectivity index (χ0v) is 18.2. The number of alkyl halides is 1. The molecule has 0 spiro atoms. The van der Waals surface area contributed by atoms with Gasteiger partial charge in [-0.2, -0.15) is 5.10 Å². The fourth-order valence-corrected chi connectivity index (χ4v) is 3.59. The zero-order chi connectivity index (χ0) is 23.6. The number of hydrogen-bond donors (Lipinski definition) is 1. The summed E-state index contributed by atoms with van der Waals surface area (Å²) in [5.74, 6) is 3.56. The van der Waals surface area contributed by atoms with Gasteiger partial charge in [0.25, 0.3) is 5.91 Å². The molecule has 33 heavy (non-hydrogen) atoms. The van der Waals surface area contributed by atoms with Crippen LogP contribution in [0.1, 0.15) is 28.5 Å². The molecule has 1 aliphatic heterocycles. The van der Waals surface area contributed by atoms with Gasteiger partial charge in [-0.05, 0) is 18.2 Å². The molecule has 3 heterocycles. The van der Waals surface area contributed by atoms with E-state index in [1.54, 1.807) is 0 Å². The largest absolute Gasteiger partial charge is 0.336 e. The normalized spacial score (nSPS) is 14.1. The molecular formula is C23H18ClF2N5O2. The van der Waals surface area contributed by atoms with Gasteiger partial charge < -0.3 is 10.2 Å². The van der Waals surface area contributed by atoms with E-state index in [1.165, 1.54) is 24.2 Å². The highest BCUT2D eigenvalue weighted by Gasteiger charge is 2.46. The molecule has 1 aromatic carbocycles. The fraction of sp³-hybridized carbons (Fsp3) is 0.217. The number of halogens is 3. The minimum atomic E-state index is -1.74. The Morgan fingerprint density at radius 2 is 1.88 bits per heavy atom. The molecule has 1 aliphatic rings. The van der Waals surface area contributed by atoms with Gasteiger partial charge in [0, 0.05) is 24.2 Å². The van der Waals surface area contributed by atoms with Crippen molar-refractivity contribution >= 4 is 29.2 Å². The third-order valence-electron chi connectivity index (χ3n) is 5.03. The van der Waals surface area contributed by atoms with Gasteiger partial charge in [-0.15, -0.1) is 0 Å². The highest BCUT2D eigenvalue weighted by atomic mass is 35.5. The molecule has 2 amide bonds. The molecule has 0 radical (unpaired) electrons. The third kappa shape index (κ3) is 5.02. The van der Waals surface area contributed by atoms with Gasteiger partial charge in [-0.25, -0.2) is 13.8 Å². The van der Waals surface area contributed by atoms with E-state index in [-0.39, 0.29) is 42.1 Å². The van der Waals surface area contributed by atoms with E-state index in [0.717, 1.165) is 16.3 Å². The predicted octanol–water partition coefficient (Wildman–Crippen LogP) is 3.29. The van der Waals surface area contributed by atoms with E-state index in [9.17, 15) is 18.4 Å². The lowest BCUT2D eigenvalue weighted by Gasteiger charge is -2.43. The van der Waals surface area contributed by atoms with Crippen molar-refractivity contribution in [1.29, 1.82) is 0 Å². The molecule has 0 saturated carbocycles. The first-order chi connectivity index (χ1) is 15.7. The Bertz CT molecular complexity index is 1280. The second-order valence-corrected chi connectivity index (χ2v) is 8.06. The van der Waals surface area contributed by atoms with E-state index in [1.807, 2.05) is 30.3 Å². The van der Waals surface area contributed by atoms with E-state index in [0.29, 0.717) is 5.56 Å². The van der Waals surface area contributed by atoms with Crippen LogP contribution in [0, 0.1) is 17.7 Å². The van der Waals surface area contributed by atoms with Crippen molar-refractivity contribution in [2.45, 2.75) is 19.1 Å².